The molecule has 0 bridgehead atoms. The number of fused-ring (bicyclic) bond motifs is 7. The first kappa shape index (κ1) is 33.2. The number of hydrogen-bond donors (Lipinski definition) is 0. The van der Waals surface area contributed by atoms with Gasteiger partial charge in [0.2, 0.25) is 11.8 Å². The lowest BCUT2D eigenvalue weighted by Gasteiger charge is -2.10. The number of nitrogens with zero attached hydrogens (tertiary/aromatic N) is 4. The van der Waals surface area contributed by atoms with E-state index < -0.39 is 0 Å². The van der Waals surface area contributed by atoms with Crippen LogP contribution in [0.5, 0.6) is 0 Å². The first-order valence-corrected chi connectivity index (χ1v) is 19.9. The number of para-hydroxylation sites is 2. The number of hydrogen-bond acceptors (Lipinski definition) is 3. The molecule has 0 N–H and O–H groups in total. The summed E-state index contributed by atoms with van der Waals surface area (Å²) in [5.41, 5.74) is 13.4. The van der Waals surface area contributed by atoms with Crippen molar-refractivity contribution in [2.45, 2.75) is 0 Å². The lowest BCUT2D eigenvalue weighted by Crippen LogP contribution is -1.94. The van der Waals surface area contributed by atoms with Crippen LogP contribution in [0, 0.1) is 0 Å². The topological polar surface area (TPSA) is 48.8 Å². The van der Waals surface area contributed by atoms with Crippen LogP contribution in [0.1, 0.15) is 0 Å². The molecule has 12 aromatic rings. The largest absolute Gasteiger partial charge is 0.416 e. The summed E-state index contributed by atoms with van der Waals surface area (Å²) < 4.78 is 10.8. The molecule has 276 valence electrons. The molecule has 5 nitrogen and oxygen atoms in total. The van der Waals surface area contributed by atoms with Crippen molar-refractivity contribution in [2.75, 3.05) is 0 Å². The number of benzene rings is 9. The van der Waals surface area contributed by atoms with Crippen molar-refractivity contribution in [1.82, 2.24) is 19.3 Å². The molecular formula is C54H34N4O. The molecule has 0 unspecified atom stereocenters. The Kier molecular flexibility index (Phi) is 7.47. The van der Waals surface area contributed by atoms with Gasteiger partial charge in [0, 0.05) is 44.0 Å². The van der Waals surface area contributed by atoms with Crippen LogP contribution >= 0.6 is 0 Å². The fourth-order valence-corrected chi connectivity index (χ4v) is 8.83. The van der Waals surface area contributed by atoms with Gasteiger partial charge in [-0.25, -0.2) is 0 Å². The van der Waals surface area contributed by atoms with E-state index in [4.69, 9.17) is 4.42 Å². The zero-order chi connectivity index (χ0) is 38.9. The molecule has 3 aromatic heterocycles. The third kappa shape index (κ3) is 5.47. The first-order valence-electron chi connectivity index (χ1n) is 19.9. The van der Waals surface area contributed by atoms with Crippen LogP contribution < -0.4 is 0 Å². The second kappa shape index (κ2) is 13.3. The van der Waals surface area contributed by atoms with Gasteiger partial charge in [-0.05, 0) is 130 Å². The molecule has 0 aliphatic carbocycles. The van der Waals surface area contributed by atoms with Crippen molar-refractivity contribution in [3.8, 4) is 56.5 Å². The van der Waals surface area contributed by atoms with Gasteiger partial charge in [0.25, 0.3) is 0 Å². The highest BCUT2D eigenvalue weighted by molar-refractivity contribution is 6.13. The molecule has 0 saturated heterocycles. The van der Waals surface area contributed by atoms with Crippen molar-refractivity contribution >= 4 is 54.4 Å². The molecule has 59 heavy (non-hydrogen) atoms. The molecule has 0 radical (unpaired) electrons. The zero-order valence-electron chi connectivity index (χ0n) is 31.8. The average molecular weight is 755 g/mol. The molecule has 0 saturated carbocycles. The van der Waals surface area contributed by atoms with Gasteiger partial charge in [-0.15, -0.1) is 10.2 Å². The Hall–Kier alpha value is -8.02. The lowest BCUT2D eigenvalue weighted by molar-refractivity contribution is 0.584. The van der Waals surface area contributed by atoms with E-state index in [-0.39, 0.29) is 0 Å². The Morgan fingerprint density at radius 2 is 0.712 bits per heavy atom. The van der Waals surface area contributed by atoms with Crippen LogP contribution in [-0.2, 0) is 0 Å². The van der Waals surface area contributed by atoms with Crippen LogP contribution in [0.15, 0.2) is 211 Å². The van der Waals surface area contributed by atoms with E-state index in [0.717, 1.165) is 33.5 Å². The van der Waals surface area contributed by atoms with Gasteiger partial charge < -0.3 is 13.6 Å². The molecule has 0 aliphatic rings. The Bertz CT molecular complexity index is 3540. The molecule has 5 heteroatoms. The third-order valence-electron chi connectivity index (χ3n) is 11.7. The molecule has 9 aromatic carbocycles. The average Bonchev–Trinajstić information content (AvgIpc) is 4.02. The monoisotopic (exact) mass is 754 g/mol. The summed E-state index contributed by atoms with van der Waals surface area (Å²) in [6.45, 7) is 0. The highest BCUT2D eigenvalue weighted by Crippen LogP contribution is 2.40. The van der Waals surface area contributed by atoms with Crippen molar-refractivity contribution in [1.29, 1.82) is 0 Å². The van der Waals surface area contributed by atoms with Crippen molar-refractivity contribution in [3.05, 3.63) is 206 Å². The maximum absolute atomic E-state index is 6.11. The van der Waals surface area contributed by atoms with Crippen LogP contribution in [-0.4, -0.2) is 19.3 Å². The molecular weight excluding hydrogens is 721 g/mol. The number of rotatable bonds is 6. The fourth-order valence-electron chi connectivity index (χ4n) is 8.83. The number of aromatic nitrogens is 4. The van der Waals surface area contributed by atoms with Gasteiger partial charge in [-0.1, -0.05) is 109 Å². The molecule has 0 spiro atoms. The Balaban J connectivity index is 1.01. The lowest BCUT2D eigenvalue weighted by atomic mass is 9.98. The molecule has 0 aliphatic heterocycles. The van der Waals surface area contributed by atoms with Crippen molar-refractivity contribution in [2.24, 2.45) is 0 Å². The zero-order valence-corrected chi connectivity index (χ0v) is 31.8. The summed E-state index contributed by atoms with van der Waals surface area (Å²) >= 11 is 0. The van der Waals surface area contributed by atoms with Crippen molar-refractivity contribution in [3.63, 3.8) is 0 Å². The van der Waals surface area contributed by atoms with Gasteiger partial charge in [0.05, 0.1) is 22.1 Å². The van der Waals surface area contributed by atoms with Crippen LogP contribution in [0.25, 0.3) is 111 Å². The van der Waals surface area contributed by atoms with E-state index in [9.17, 15) is 0 Å². The Morgan fingerprint density at radius 3 is 1.34 bits per heavy atom. The molecule has 0 fully saturated rings. The van der Waals surface area contributed by atoms with E-state index >= 15 is 0 Å². The van der Waals surface area contributed by atoms with E-state index in [1.165, 1.54) is 65.6 Å². The summed E-state index contributed by atoms with van der Waals surface area (Å²) in [5.74, 6) is 0.998. The normalized spacial score (nSPS) is 11.7. The highest BCUT2D eigenvalue weighted by Gasteiger charge is 2.18. The summed E-state index contributed by atoms with van der Waals surface area (Å²) in [7, 11) is 0. The predicted octanol–water partition coefficient (Wildman–Crippen LogP) is 14.1. The molecule has 12 rings (SSSR count). The summed E-state index contributed by atoms with van der Waals surface area (Å²) in [4.78, 5) is 0. The summed E-state index contributed by atoms with van der Waals surface area (Å²) in [5, 5.41) is 16.0. The Labute approximate surface area is 339 Å². The standard InChI is InChI=1S/C54H34N4O/c1-3-12-36(13-4-1)53-55-56-54(59-53)37-21-26-44(27-22-37)58-51-29-23-40(39-20-19-35-11-7-8-14-38(35)31-39)33-47(51)48-34-42(25-30-52(48)58)41-24-28-50-46(32-41)45-17-9-10-18-49(45)57(50)43-15-5-2-6-16-43/h1-34H. The first-order chi connectivity index (χ1) is 29.2. The third-order valence-corrected chi connectivity index (χ3v) is 11.7. The van der Waals surface area contributed by atoms with E-state index in [1.54, 1.807) is 0 Å². The van der Waals surface area contributed by atoms with E-state index in [2.05, 4.69) is 195 Å². The SMILES string of the molecule is c1ccc(-c2nnc(-c3ccc(-n4c5ccc(-c6ccc7ccccc7c6)cc5c5cc(-c6ccc7c(c6)c6ccccc6n7-c6ccccc6)ccc54)cc3)o2)cc1. The van der Waals surface area contributed by atoms with Crippen LogP contribution in [0.3, 0.4) is 0 Å². The minimum Gasteiger partial charge on any atom is -0.416 e. The minimum atomic E-state index is 0.492. The summed E-state index contributed by atoms with van der Waals surface area (Å²) in [6, 6.07) is 73.6. The van der Waals surface area contributed by atoms with Gasteiger partial charge >= 0.3 is 0 Å². The molecule has 0 atom stereocenters. The summed E-state index contributed by atoms with van der Waals surface area (Å²) in [6.07, 6.45) is 0. The molecule has 0 amide bonds. The Morgan fingerprint density at radius 1 is 0.288 bits per heavy atom. The fraction of sp³-hybridized carbons (Fsp3) is 0. The van der Waals surface area contributed by atoms with E-state index in [0.29, 0.717) is 11.8 Å². The second-order valence-electron chi connectivity index (χ2n) is 15.1. The van der Waals surface area contributed by atoms with Gasteiger partial charge in [0.1, 0.15) is 0 Å². The van der Waals surface area contributed by atoms with Crippen LogP contribution in [0.2, 0.25) is 0 Å². The maximum Gasteiger partial charge on any atom is 0.248 e. The van der Waals surface area contributed by atoms with Crippen LogP contribution in [0.4, 0.5) is 0 Å². The van der Waals surface area contributed by atoms with Gasteiger partial charge in [-0.3, -0.25) is 0 Å². The van der Waals surface area contributed by atoms with Gasteiger partial charge in [-0.2, -0.15) is 0 Å². The molecule has 3 heterocycles. The quantitative estimate of drug-likeness (QED) is 0.170. The van der Waals surface area contributed by atoms with Crippen molar-refractivity contribution < 1.29 is 4.42 Å². The maximum atomic E-state index is 6.11. The predicted molar refractivity (Wildman–Crippen MR) is 242 cm³/mol. The van der Waals surface area contributed by atoms with Gasteiger partial charge in [0.15, 0.2) is 0 Å². The van der Waals surface area contributed by atoms with E-state index in [1.807, 2.05) is 30.3 Å². The second-order valence-corrected chi connectivity index (χ2v) is 15.1. The minimum absolute atomic E-state index is 0.492. The highest BCUT2D eigenvalue weighted by atomic mass is 16.4. The smallest absolute Gasteiger partial charge is 0.248 e.